The van der Waals surface area contributed by atoms with E-state index in [2.05, 4.69) is 25.3 Å². The van der Waals surface area contributed by atoms with E-state index in [4.69, 9.17) is 0 Å². The quantitative estimate of drug-likeness (QED) is 0.656. The molecule has 2 aliphatic carbocycles. The summed E-state index contributed by atoms with van der Waals surface area (Å²) in [5, 5.41) is 2.95. The van der Waals surface area contributed by atoms with E-state index in [9.17, 15) is 14.0 Å². The van der Waals surface area contributed by atoms with Crippen LogP contribution in [0.25, 0.3) is 11.6 Å². The summed E-state index contributed by atoms with van der Waals surface area (Å²) in [4.78, 5) is 39.9. The number of H-pyrrole nitrogens is 1. The van der Waals surface area contributed by atoms with Crippen LogP contribution in [0.2, 0.25) is 0 Å². The highest BCUT2D eigenvalue weighted by Crippen LogP contribution is 2.44. The molecule has 2 aromatic heterocycles. The normalized spacial score (nSPS) is 16.8. The second-order valence-corrected chi connectivity index (χ2v) is 7.90. The largest absolute Gasteiger partial charge is 0.344 e. The Morgan fingerprint density at radius 2 is 1.90 bits per heavy atom. The van der Waals surface area contributed by atoms with Crippen molar-refractivity contribution in [3.8, 4) is 11.6 Å². The van der Waals surface area contributed by atoms with Crippen molar-refractivity contribution >= 4 is 5.91 Å². The van der Waals surface area contributed by atoms with E-state index in [1.54, 1.807) is 6.07 Å². The van der Waals surface area contributed by atoms with Crippen molar-refractivity contribution in [2.24, 2.45) is 5.92 Å². The monoisotopic (exact) mass is 405 g/mol. The zero-order chi connectivity index (χ0) is 20.7. The lowest BCUT2D eigenvalue weighted by atomic mass is 9.99. The number of hydrogen-bond acceptors (Lipinski definition) is 5. The van der Waals surface area contributed by atoms with Crippen LogP contribution in [0.5, 0.6) is 0 Å². The minimum Gasteiger partial charge on any atom is -0.344 e. The van der Waals surface area contributed by atoms with Gasteiger partial charge in [0.2, 0.25) is 0 Å². The number of halogens is 1. The maximum absolute atomic E-state index is 14.6. The molecule has 0 aliphatic heterocycles. The van der Waals surface area contributed by atoms with Gasteiger partial charge in [0.25, 0.3) is 11.5 Å². The number of hydrogen-bond donors (Lipinski definition) is 2. The molecule has 0 saturated heterocycles. The van der Waals surface area contributed by atoms with Gasteiger partial charge in [-0.2, -0.15) is 0 Å². The summed E-state index contributed by atoms with van der Waals surface area (Å²) >= 11 is 0. The van der Waals surface area contributed by atoms with Crippen molar-refractivity contribution < 1.29 is 9.18 Å². The fourth-order valence-electron chi connectivity index (χ4n) is 3.68. The Morgan fingerprint density at radius 1 is 1.13 bits per heavy atom. The second kappa shape index (κ2) is 7.44. The average Bonchev–Trinajstić information content (AvgIpc) is 3.65. The molecule has 1 amide bonds. The zero-order valence-electron chi connectivity index (χ0n) is 16.1. The van der Waals surface area contributed by atoms with Crippen LogP contribution in [0.3, 0.4) is 0 Å². The first kappa shape index (κ1) is 18.6. The first-order chi connectivity index (χ1) is 14.6. The lowest BCUT2D eigenvalue weighted by Crippen LogP contribution is -2.31. The smallest absolute Gasteiger partial charge is 0.270 e. The molecule has 0 spiro atoms. The molecule has 0 bridgehead atoms. The maximum Gasteiger partial charge on any atom is 0.270 e. The van der Waals surface area contributed by atoms with E-state index in [1.165, 1.54) is 18.5 Å². The zero-order valence-corrected chi connectivity index (χ0v) is 16.1. The highest BCUT2D eigenvalue weighted by atomic mass is 19.1. The Balaban J connectivity index is 1.41. The Bertz CT molecular complexity index is 1160. The van der Waals surface area contributed by atoms with Gasteiger partial charge >= 0.3 is 0 Å². The summed E-state index contributed by atoms with van der Waals surface area (Å²) in [6.45, 7) is 0. The molecule has 1 aromatic carbocycles. The highest BCUT2D eigenvalue weighted by molar-refractivity contribution is 5.92. The van der Waals surface area contributed by atoms with Gasteiger partial charge in [-0.15, -0.1) is 0 Å². The van der Waals surface area contributed by atoms with Crippen LogP contribution in [-0.2, 0) is 0 Å². The molecule has 2 N–H and O–H groups in total. The summed E-state index contributed by atoms with van der Waals surface area (Å²) in [6, 6.07) is 7.73. The van der Waals surface area contributed by atoms with Crippen LogP contribution in [0, 0.1) is 11.7 Å². The molecular formula is C22H20FN5O2. The van der Waals surface area contributed by atoms with Gasteiger partial charge < -0.3 is 10.3 Å². The van der Waals surface area contributed by atoms with Crippen molar-refractivity contribution in [3.63, 3.8) is 0 Å². The van der Waals surface area contributed by atoms with Gasteiger partial charge in [0.15, 0.2) is 11.6 Å². The maximum atomic E-state index is 14.6. The number of amides is 1. The molecule has 2 aliphatic rings. The molecule has 8 heteroatoms. The van der Waals surface area contributed by atoms with E-state index in [-0.39, 0.29) is 35.1 Å². The molecule has 5 rings (SSSR count). The Kier molecular flexibility index (Phi) is 4.61. The molecule has 0 unspecified atom stereocenters. The van der Waals surface area contributed by atoms with Gasteiger partial charge in [-0.25, -0.2) is 19.3 Å². The van der Waals surface area contributed by atoms with E-state index < -0.39 is 11.5 Å². The molecular weight excluding hydrogens is 385 g/mol. The fourth-order valence-corrected chi connectivity index (χ4v) is 3.68. The first-order valence-corrected chi connectivity index (χ1v) is 10.1. The van der Waals surface area contributed by atoms with E-state index in [0.29, 0.717) is 5.92 Å². The van der Waals surface area contributed by atoms with Gasteiger partial charge in [-0.05, 0) is 60.8 Å². The van der Waals surface area contributed by atoms with Gasteiger partial charge in [-0.1, -0.05) is 12.1 Å². The summed E-state index contributed by atoms with van der Waals surface area (Å²) < 4.78 is 14.6. The van der Waals surface area contributed by atoms with Crippen molar-refractivity contribution in [2.45, 2.75) is 37.6 Å². The van der Waals surface area contributed by atoms with Crippen LogP contribution in [0.1, 0.15) is 59.3 Å². The third kappa shape index (κ3) is 3.85. The molecule has 2 saturated carbocycles. The summed E-state index contributed by atoms with van der Waals surface area (Å²) in [5.41, 5.74) is 0.995. The number of nitrogens with zero attached hydrogens (tertiary/aromatic N) is 3. The van der Waals surface area contributed by atoms with Gasteiger partial charge in [0.05, 0.1) is 6.04 Å². The second-order valence-electron chi connectivity index (χ2n) is 7.90. The predicted octanol–water partition coefficient (Wildman–Crippen LogP) is 3.12. The van der Waals surface area contributed by atoms with Crippen LogP contribution in [0.15, 0.2) is 47.5 Å². The lowest BCUT2D eigenvalue weighted by Gasteiger charge is -2.19. The van der Waals surface area contributed by atoms with Crippen molar-refractivity contribution in [3.05, 3.63) is 75.7 Å². The van der Waals surface area contributed by atoms with Crippen LogP contribution in [0.4, 0.5) is 4.39 Å². The number of nitrogens with one attached hydrogen (secondary N) is 2. The first-order valence-electron chi connectivity index (χ1n) is 10.1. The van der Waals surface area contributed by atoms with Gasteiger partial charge in [0.1, 0.15) is 11.5 Å². The Labute approximate surface area is 171 Å². The van der Waals surface area contributed by atoms with E-state index >= 15 is 0 Å². The molecule has 7 nitrogen and oxygen atoms in total. The third-order valence-electron chi connectivity index (χ3n) is 5.53. The number of carbonyl (C=O) groups excluding carboxylic acids is 1. The third-order valence-corrected chi connectivity index (χ3v) is 5.53. The van der Waals surface area contributed by atoms with E-state index in [1.807, 2.05) is 12.1 Å². The van der Waals surface area contributed by atoms with Crippen molar-refractivity contribution in [2.75, 3.05) is 0 Å². The van der Waals surface area contributed by atoms with E-state index in [0.717, 1.165) is 42.9 Å². The topological polar surface area (TPSA) is 101 Å². The van der Waals surface area contributed by atoms with Crippen LogP contribution >= 0.6 is 0 Å². The minimum absolute atomic E-state index is 0.0260. The minimum atomic E-state index is -0.484. The Hall–Kier alpha value is -3.42. The number of aromatic nitrogens is 4. The summed E-state index contributed by atoms with van der Waals surface area (Å²) in [7, 11) is 0. The number of carbonyl (C=O) groups is 1. The summed E-state index contributed by atoms with van der Waals surface area (Å²) in [6.07, 6.45) is 7.03. The Morgan fingerprint density at radius 3 is 2.57 bits per heavy atom. The summed E-state index contributed by atoms with van der Waals surface area (Å²) in [5.74, 6) is 0.220. The number of aromatic amines is 1. The van der Waals surface area contributed by atoms with Crippen LogP contribution < -0.4 is 10.9 Å². The van der Waals surface area contributed by atoms with Crippen molar-refractivity contribution in [1.29, 1.82) is 0 Å². The molecule has 1 atom stereocenters. The average molecular weight is 405 g/mol. The predicted molar refractivity (Wildman–Crippen MR) is 107 cm³/mol. The molecule has 30 heavy (non-hydrogen) atoms. The van der Waals surface area contributed by atoms with Crippen molar-refractivity contribution in [1.82, 2.24) is 25.3 Å². The SMILES string of the molecule is O=C(N[C@@H](c1ccc(C2CC2)c(F)c1)C1CC1)c1cc(=O)[nH]c(-c2ncccn2)n1. The molecule has 0 radical (unpaired) electrons. The number of benzene rings is 1. The molecule has 2 fully saturated rings. The molecule has 2 heterocycles. The molecule has 3 aromatic rings. The van der Waals surface area contributed by atoms with Crippen LogP contribution in [-0.4, -0.2) is 25.8 Å². The molecule has 152 valence electrons. The van der Waals surface area contributed by atoms with Gasteiger partial charge in [-0.3, -0.25) is 9.59 Å². The fraction of sp³-hybridized carbons (Fsp3) is 0.318. The highest BCUT2D eigenvalue weighted by Gasteiger charge is 2.35. The number of rotatable bonds is 6. The van der Waals surface area contributed by atoms with Gasteiger partial charge in [0, 0.05) is 18.5 Å². The standard InChI is InChI=1S/C22H20FN5O2/c23-16-10-14(6-7-15(16)12-2-3-12)19(13-4-5-13)28-22(30)17-11-18(29)27-21(26-17)20-24-8-1-9-25-20/h1,6-13,19H,2-5H2,(H,28,30)(H,26,27,29)/t19-/m1/s1. The lowest BCUT2D eigenvalue weighted by molar-refractivity contribution is 0.0926.